The fourth-order valence-electron chi connectivity index (χ4n) is 2.00. The predicted molar refractivity (Wildman–Crippen MR) is 81.3 cm³/mol. The van der Waals surface area contributed by atoms with E-state index >= 15 is 0 Å². The van der Waals surface area contributed by atoms with Crippen molar-refractivity contribution in [2.24, 2.45) is 0 Å². The van der Waals surface area contributed by atoms with Crippen molar-refractivity contribution in [3.63, 3.8) is 0 Å². The fraction of sp³-hybridized carbons (Fsp3) is 0.200. The Hall–Kier alpha value is -2.07. The molecule has 4 nitrogen and oxygen atoms in total. The molecule has 2 rings (SSSR count). The highest BCUT2D eigenvalue weighted by atomic mass is 35.5. The second kappa shape index (κ2) is 5.92. The van der Waals surface area contributed by atoms with E-state index in [1.807, 2.05) is 32.0 Å². The van der Waals surface area contributed by atoms with Crippen LogP contribution in [-0.4, -0.2) is 4.92 Å². The van der Waals surface area contributed by atoms with Crippen LogP contribution in [0.2, 0.25) is 5.02 Å². The van der Waals surface area contributed by atoms with Crippen molar-refractivity contribution in [3.05, 3.63) is 68.2 Å². The van der Waals surface area contributed by atoms with E-state index in [1.165, 1.54) is 23.3 Å². The van der Waals surface area contributed by atoms with Gasteiger partial charge in [0, 0.05) is 17.6 Å². The summed E-state index contributed by atoms with van der Waals surface area (Å²) in [6.07, 6.45) is 0. The van der Waals surface area contributed by atoms with Gasteiger partial charge in [0.2, 0.25) is 0 Å². The number of benzene rings is 2. The number of halogens is 1. The summed E-state index contributed by atoms with van der Waals surface area (Å²) >= 11 is 5.90. The number of anilines is 1. The first kappa shape index (κ1) is 14.3. The van der Waals surface area contributed by atoms with Gasteiger partial charge in [0.15, 0.2) is 0 Å². The van der Waals surface area contributed by atoms with Crippen molar-refractivity contribution >= 4 is 23.0 Å². The summed E-state index contributed by atoms with van der Waals surface area (Å²) < 4.78 is 0. The predicted octanol–water partition coefficient (Wildman–Crippen LogP) is 4.48. The third-order valence-corrected chi connectivity index (χ3v) is 3.58. The fourth-order valence-corrected chi connectivity index (χ4v) is 2.17. The first-order valence-corrected chi connectivity index (χ1v) is 6.59. The van der Waals surface area contributed by atoms with Crippen LogP contribution in [0, 0.1) is 24.0 Å². The SMILES string of the molecule is Cc1cccc(CNc2cc(Cl)ccc2[N+](=O)[O-])c1C. The van der Waals surface area contributed by atoms with Crippen LogP contribution in [-0.2, 0) is 6.54 Å². The Labute approximate surface area is 122 Å². The van der Waals surface area contributed by atoms with Crippen LogP contribution < -0.4 is 5.32 Å². The van der Waals surface area contributed by atoms with Crippen LogP contribution in [0.25, 0.3) is 0 Å². The number of nitrogens with zero attached hydrogens (tertiary/aromatic N) is 1. The second-order valence-corrected chi connectivity index (χ2v) is 5.07. The number of nitro groups is 1. The summed E-state index contributed by atoms with van der Waals surface area (Å²) in [4.78, 5) is 10.6. The van der Waals surface area contributed by atoms with E-state index in [4.69, 9.17) is 11.6 Å². The van der Waals surface area contributed by atoms with Crippen LogP contribution in [0.3, 0.4) is 0 Å². The van der Waals surface area contributed by atoms with Gasteiger partial charge in [-0.3, -0.25) is 10.1 Å². The minimum atomic E-state index is -0.415. The Balaban J connectivity index is 2.24. The first-order valence-electron chi connectivity index (χ1n) is 6.22. The minimum absolute atomic E-state index is 0.0275. The molecule has 0 unspecified atom stereocenters. The van der Waals surface area contributed by atoms with E-state index < -0.39 is 4.92 Å². The molecule has 0 saturated carbocycles. The molecular weight excluding hydrogens is 276 g/mol. The Bertz CT molecular complexity index is 656. The Morgan fingerprint density at radius 1 is 1.25 bits per heavy atom. The first-order chi connectivity index (χ1) is 9.49. The number of rotatable bonds is 4. The van der Waals surface area contributed by atoms with Gasteiger partial charge < -0.3 is 5.32 Å². The molecule has 0 aliphatic rings. The van der Waals surface area contributed by atoms with Gasteiger partial charge in [-0.05, 0) is 42.7 Å². The van der Waals surface area contributed by atoms with Crippen LogP contribution in [0.5, 0.6) is 0 Å². The Morgan fingerprint density at radius 3 is 2.70 bits per heavy atom. The van der Waals surface area contributed by atoms with Crippen molar-refractivity contribution in [1.29, 1.82) is 0 Å². The summed E-state index contributed by atoms with van der Waals surface area (Å²) in [5, 5.41) is 14.6. The molecule has 1 N–H and O–H groups in total. The van der Waals surface area contributed by atoms with Gasteiger partial charge in [-0.25, -0.2) is 0 Å². The molecule has 0 bridgehead atoms. The molecule has 0 aliphatic heterocycles. The molecule has 0 aromatic heterocycles. The van der Waals surface area contributed by atoms with Gasteiger partial charge in [-0.1, -0.05) is 29.8 Å². The van der Waals surface area contributed by atoms with Gasteiger partial charge >= 0.3 is 0 Å². The third-order valence-electron chi connectivity index (χ3n) is 3.34. The molecule has 20 heavy (non-hydrogen) atoms. The zero-order valence-corrected chi connectivity index (χ0v) is 12.1. The van der Waals surface area contributed by atoms with Crippen molar-refractivity contribution in [2.75, 3.05) is 5.32 Å². The molecule has 0 amide bonds. The summed E-state index contributed by atoms with van der Waals surface area (Å²) in [5.74, 6) is 0. The van der Waals surface area contributed by atoms with Gasteiger partial charge in [-0.2, -0.15) is 0 Å². The average Bonchev–Trinajstić information content (AvgIpc) is 2.40. The lowest BCUT2D eigenvalue weighted by molar-refractivity contribution is -0.384. The van der Waals surface area contributed by atoms with E-state index in [1.54, 1.807) is 6.07 Å². The van der Waals surface area contributed by atoms with E-state index in [9.17, 15) is 10.1 Å². The zero-order valence-electron chi connectivity index (χ0n) is 11.3. The largest absolute Gasteiger partial charge is 0.375 e. The standard InChI is InChI=1S/C15H15ClN2O2/c1-10-4-3-5-12(11(10)2)9-17-14-8-13(16)6-7-15(14)18(19)20/h3-8,17H,9H2,1-2H3. The quantitative estimate of drug-likeness (QED) is 0.667. The minimum Gasteiger partial charge on any atom is -0.375 e. The highest BCUT2D eigenvalue weighted by Gasteiger charge is 2.13. The van der Waals surface area contributed by atoms with Gasteiger partial charge in [0.05, 0.1) is 4.92 Å². The summed E-state index contributed by atoms with van der Waals surface area (Å²) in [5.41, 5.74) is 3.96. The molecule has 0 fully saturated rings. The zero-order chi connectivity index (χ0) is 14.7. The molecule has 0 radical (unpaired) electrons. The lowest BCUT2D eigenvalue weighted by Crippen LogP contribution is -2.04. The molecule has 104 valence electrons. The number of aryl methyl sites for hydroxylation is 1. The van der Waals surface area contributed by atoms with Crippen LogP contribution in [0.15, 0.2) is 36.4 Å². The number of nitro benzene ring substituents is 1. The molecule has 0 aliphatic carbocycles. The lowest BCUT2D eigenvalue weighted by Gasteiger charge is -2.11. The molecule has 0 spiro atoms. The van der Waals surface area contributed by atoms with E-state index in [0.717, 1.165) is 5.56 Å². The van der Waals surface area contributed by atoms with Crippen molar-refractivity contribution in [3.8, 4) is 0 Å². The Morgan fingerprint density at radius 2 is 2.00 bits per heavy atom. The summed E-state index contributed by atoms with van der Waals surface area (Å²) in [6, 6.07) is 10.5. The maximum absolute atomic E-state index is 11.0. The molecular formula is C15H15ClN2O2. The molecule has 0 heterocycles. The van der Waals surface area contributed by atoms with Crippen molar-refractivity contribution in [2.45, 2.75) is 20.4 Å². The number of nitrogens with one attached hydrogen (secondary N) is 1. The maximum Gasteiger partial charge on any atom is 0.292 e. The monoisotopic (exact) mass is 290 g/mol. The van der Waals surface area contributed by atoms with Crippen LogP contribution in [0.4, 0.5) is 11.4 Å². The highest BCUT2D eigenvalue weighted by Crippen LogP contribution is 2.28. The molecule has 2 aromatic rings. The smallest absolute Gasteiger partial charge is 0.292 e. The normalized spacial score (nSPS) is 10.3. The van der Waals surface area contributed by atoms with E-state index in [2.05, 4.69) is 5.32 Å². The number of hydrogen-bond acceptors (Lipinski definition) is 3. The molecule has 5 heteroatoms. The summed E-state index contributed by atoms with van der Waals surface area (Å²) in [7, 11) is 0. The lowest BCUT2D eigenvalue weighted by atomic mass is 10.0. The maximum atomic E-state index is 11.0. The van der Waals surface area contributed by atoms with Crippen LogP contribution >= 0.6 is 11.6 Å². The van der Waals surface area contributed by atoms with Crippen LogP contribution in [0.1, 0.15) is 16.7 Å². The van der Waals surface area contributed by atoms with Gasteiger partial charge in [0.1, 0.15) is 5.69 Å². The number of hydrogen-bond donors (Lipinski definition) is 1. The van der Waals surface area contributed by atoms with Gasteiger partial charge in [-0.15, -0.1) is 0 Å². The summed E-state index contributed by atoms with van der Waals surface area (Å²) in [6.45, 7) is 4.61. The third kappa shape index (κ3) is 3.08. The van der Waals surface area contributed by atoms with Crippen molar-refractivity contribution < 1.29 is 4.92 Å². The van der Waals surface area contributed by atoms with Crippen molar-refractivity contribution in [1.82, 2.24) is 0 Å². The topological polar surface area (TPSA) is 55.2 Å². The Kier molecular flexibility index (Phi) is 4.25. The molecule has 2 aromatic carbocycles. The molecule has 0 saturated heterocycles. The molecule has 0 atom stereocenters. The van der Waals surface area contributed by atoms with Gasteiger partial charge in [0.25, 0.3) is 5.69 Å². The highest BCUT2D eigenvalue weighted by molar-refractivity contribution is 6.31. The van der Waals surface area contributed by atoms with E-state index in [-0.39, 0.29) is 5.69 Å². The van der Waals surface area contributed by atoms with E-state index in [0.29, 0.717) is 17.3 Å². The second-order valence-electron chi connectivity index (χ2n) is 4.63. The average molecular weight is 291 g/mol.